The quantitative estimate of drug-likeness (QED) is 0.773. The average molecular weight is 390 g/mol. The van der Waals surface area contributed by atoms with Crippen LogP contribution in [0.15, 0.2) is 28.0 Å². The molecule has 2 rings (SSSR count). The maximum absolute atomic E-state index is 10.8. The second kappa shape index (κ2) is 6.85. The molecule has 0 bridgehead atoms. The molecule has 0 unspecified atom stereocenters. The maximum Gasteiger partial charge on any atom is 0.313 e. The molecule has 1 aromatic carbocycles. The Bertz CT molecular complexity index is 688. The van der Waals surface area contributed by atoms with Gasteiger partial charge in [0.2, 0.25) is 0 Å². The number of thioether (sulfide) groups is 1. The zero-order valence-corrected chi connectivity index (χ0v) is 14.7. The van der Waals surface area contributed by atoms with Gasteiger partial charge in [-0.1, -0.05) is 30.3 Å². The number of carboxylic acids is 1. The van der Waals surface area contributed by atoms with Crippen molar-refractivity contribution in [1.29, 1.82) is 0 Å². The summed E-state index contributed by atoms with van der Waals surface area (Å²) in [4.78, 5) is 15.1. The summed E-state index contributed by atoms with van der Waals surface area (Å²) in [6, 6.07) is 3.81. The Morgan fingerprint density at radius 1 is 1.52 bits per heavy atom. The monoisotopic (exact) mass is 388 g/mol. The highest BCUT2D eigenvalue weighted by molar-refractivity contribution is 9.10. The fraction of sp³-hybridized carbons (Fsp3) is 0.286. The number of carbonyl (C=O) groups is 1. The van der Waals surface area contributed by atoms with Gasteiger partial charge in [0.1, 0.15) is 0 Å². The lowest BCUT2D eigenvalue weighted by molar-refractivity contribution is -0.133. The van der Waals surface area contributed by atoms with E-state index in [1.807, 2.05) is 30.5 Å². The van der Waals surface area contributed by atoms with E-state index in [4.69, 9.17) is 16.7 Å². The lowest BCUT2D eigenvalue weighted by Crippen LogP contribution is -2.05. The van der Waals surface area contributed by atoms with Gasteiger partial charge >= 0.3 is 5.97 Å². The number of hydrogen-bond acceptors (Lipinski definition) is 3. The first kappa shape index (κ1) is 16.4. The Kier molecular flexibility index (Phi) is 5.35. The van der Waals surface area contributed by atoms with Gasteiger partial charge in [0.05, 0.1) is 11.4 Å². The van der Waals surface area contributed by atoms with Gasteiger partial charge in [-0.15, -0.1) is 0 Å². The zero-order valence-electron chi connectivity index (χ0n) is 11.6. The molecule has 0 amide bonds. The van der Waals surface area contributed by atoms with Crippen LogP contribution in [-0.2, 0) is 11.2 Å². The van der Waals surface area contributed by atoms with E-state index in [1.54, 1.807) is 6.20 Å². The van der Waals surface area contributed by atoms with E-state index in [2.05, 4.69) is 20.9 Å². The van der Waals surface area contributed by atoms with Gasteiger partial charge in [0.15, 0.2) is 5.16 Å². The zero-order chi connectivity index (χ0) is 15.6. The van der Waals surface area contributed by atoms with Crippen LogP contribution in [0.4, 0.5) is 0 Å². The van der Waals surface area contributed by atoms with E-state index in [0.717, 1.165) is 27.8 Å². The standard InChI is InChI=1S/C14H14BrClN2O2S/c1-3-9-6-17-14(21-7-13(19)20)18(9)12-5-11(16)8(2)4-10(12)15/h4-6H,3,7H2,1-2H3,(H,19,20). The van der Waals surface area contributed by atoms with E-state index < -0.39 is 5.97 Å². The fourth-order valence-electron chi connectivity index (χ4n) is 1.91. The first-order valence-electron chi connectivity index (χ1n) is 6.31. The average Bonchev–Trinajstić information content (AvgIpc) is 2.83. The molecule has 0 aliphatic carbocycles. The number of hydrogen-bond donors (Lipinski definition) is 1. The van der Waals surface area contributed by atoms with E-state index in [-0.39, 0.29) is 5.75 Å². The van der Waals surface area contributed by atoms with Crippen LogP contribution < -0.4 is 0 Å². The van der Waals surface area contributed by atoms with Gasteiger partial charge in [0, 0.05) is 21.4 Å². The van der Waals surface area contributed by atoms with Gasteiger partial charge < -0.3 is 5.11 Å². The molecule has 0 saturated carbocycles. The smallest absolute Gasteiger partial charge is 0.313 e. The summed E-state index contributed by atoms with van der Waals surface area (Å²) in [6.07, 6.45) is 2.56. The molecule has 1 aromatic heterocycles. The summed E-state index contributed by atoms with van der Waals surface area (Å²) in [6.45, 7) is 3.97. The minimum Gasteiger partial charge on any atom is -0.481 e. The molecule has 0 aliphatic heterocycles. The third-order valence-electron chi connectivity index (χ3n) is 2.96. The predicted octanol–water partition coefficient (Wildman–Crippen LogP) is 4.34. The molecule has 21 heavy (non-hydrogen) atoms. The van der Waals surface area contributed by atoms with Crippen molar-refractivity contribution in [3.05, 3.63) is 39.1 Å². The third kappa shape index (κ3) is 3.62. The molecule has 0 atom stereocenters. The Morgan fingerprint density at radius 2 is 2.24 bits per heavy atom. The Hall–Kier alpha value is -0.980. The summed E-state index contributed by atoms with van der Waals surface area (Å²) in [5.74, 6) is -0.897. The van der Waals surface area contributed by atoms with Crippen molar-refractivity contribution in [2.45, 2.75) is 25.4 Å². The number of carboxylic acid groups (broad SMARTS) is 1. The van der Waals surface area contributed by atoms with Crippen LogP contribution in [0.3, 0.4) is 0 Å². The Balaban J connectivity index is 2.53. The van der Waals surface area contributed by atoms with Crippen molar-refractivity contribution >= 4 is 45.3 Å². The largest absolute Gasteiger partial charge is 0.481 e. The summed E-state index contributed by atoms with van der Waals surface area (Å²) in [5.41, 5.74) is 2.85. The summed E-state index contributed by atoms with van der Waals surface area (Å²) in [7, 11) is 0. The van der Waals surface area contributed by atoms with E-state index in [0.29, 0.717) is 10.2 Å². The van der Waals surface area contributed by atoms with Crippen LogP contribution in [-0.4, -0.2) is 26.4 Å². The van der Waals surface area contributed by atoms with Gasteiger partial charge in [-0.05, 0) is 47.0 Å². The lowest BCUT2D eigenvalue weighted by Gasteiger charge is -2.14. The van der Waals surface area contributed by atoms with Crippen LogP contribution in [0.25, 0.3) is 5.69 Å². The molecule has 1 N–H and O–H groups in total. The highest BCUT2D eigenvalue weighted by atomic mass is 79.9. The number of nitrogens with zero attached hydrogens (tertiary/aromatic N) is 2. The molecular weight excluding hydrogens is 376 g/mol. The van der Waals surface area contributed by atoms with E-state index >= 15 is 0 Å². The molecule has 0 saturated heterocycles. The molecule has 4 nitrogen and oxygen atoms in total. The lowest BCUT2D eigenvalue weighted by atomic mass is 10.2. The van der Waals surface area contributed by atoms with Gasteiger partial charge in [-0.3, -0.25) is 9.36 Å². The maximum atomic E-state index is 10.8. The minimum atomic E-state index is -0.867. The molecule has 1 heterocycles. The number of rotatable bonds is 5. The third-order valence-corrected chi connectivity index (χ3v) is 4.94. The van der Waals surface area contributed by atoms with Crippen molar-refractivity contribution in [2.75, 3.05) is 5.75 Å². The number of aryl methyl sites for hydroxylation is 2. The second-order valence-electron chi connectivity index (χ2n) is 4.46. The van der Waals surface area contributed by atoms with Crippen molar-refractivity contribution < 1.29 is 9.90 Å². The van der Waals surface area contributed by atoms with Crippen LogP contribution in [0.1, 0.15) is 18.2 Å². The molecule has 112 valence electrons. The number of benzene rings is 1. The molecule has 0 fully saturated rings. The number of imidazole rings is 1. The summed E-state index contributed by atoms with van der Waals surface area (Å²) in [5, 5.41) is 10.2. The van der Waals surface area contributed by atoms with Crippen LogP contribution in [0.2, 0.25) is 5.02 Å². The predicted molar refractivity (Wildman–Crippen MR) is 88.7 cm³/mol. The molecule has 0 aliphatic rings. The SMILES string of the molecule is CCc1cnc(SCC(=O)O)n1-c1cc(Cl)c(C)cc1Br. The van der Waals surface area contributed by atoms with Crippen molar-refractivity contribution in [3.63, 3.8) is 0 Å². The molecule has 0 spiro atoms. The molecular formula is C14H14BrClN2O2S. The van der Waals surface area contributed by atoms with Gasteiger partial charge in [-0.2, -0.15) is 0 Å². The number of halogens is 2. The fourth-order valence-corrected chi connectivity index (χ4v) is 3.43. The topological polar surface area (TPSA) is 55.1 Å². The van der Waals surface area contributed by atoms with Crippen molar-refractivity contribution in [3.8, 4) is 5.69 Å². The summed E-state index contributed by atoms with van der Waals surface area (Å²) < 4.78 is 2.84. The normalized spacial score (nSPS) is 10.9. The van der Waals surface area contributed by atoms with Gasteiger partial charge in [-0.25, -0.2) is 4.98 Å². The molecule has 7 heteroatoms. The summed E-state index contributed by atoms with van der Waals surface area (Å²) >= 11 is 11.0. The highest BCUT2D eigenvalue weighted by Crippen LogP contribution is 2.32. The first-order valence-corrected chi connectivity index (χ1v) is 8.47. The number of aliphatic carboxylic acids is 1. The highest BCUT2D eigenvalue weighted by Gasteiger charge is 2.16. The van der Waals surface area contributed by atoms with E-state index in [1.165, 1.54) is 11.8 Å². The first-order chi connectivity index (χ1) is 9.93. The molecule has 0 radical (unpaired) electrons. The van der Waals surface area contributed by atoms with Crippen molar-refractivity contribution in [2.24, 2.45) is 0 Å². The molecule has 2 aromatic rings. The van der Waals surface area contributed by atoms with Crippen molar-refractivity contribution in [1.82, 2.24) is 9.55 Å². The number of aromatic nitrogens is 2. The van der Waals surface area contributed by atoms with E-state index in [9.17, 15) is 4.79 Å². The van der Waals surface area contributed by atoms with Gasteiger partial charge in [0.25, 0.3) is 0 Å². The van der Waals surface area contributed by atoms with Crippen LogP contribution >= 0.6 is 39.3 Å². The van der Waals surface area contributed by atoms with Crippen LogP contribution in [0.5, 0.6) is 0 Å². The minimum absolute atomic E-state index is 0.0304. The second-order valence-corrected chi connectivity index (χ2v) is 6.66. The van der Waals surface area contributed by atoms with Crippen LogP contribution in [0, 0.1) is 6.92 Å². The Labute approximate surface area is 140 Å². The Morgan fingerprint density at radius 3 is 2.86 bits per heavy atom.